The Kier molecular flexibility index (Phi) is 4.07. The number of nitrogens with one attached hydrogen (secondary N) is 1. The highest BCUT2D eigenvalue weighted by Crippen LogP contribution is 2.20. The molecule has 1 aliphatic heterocycles. The van der Waals surface area contributed by atoms with Crippen molar-refractivity contribution in [1.82, 2.24) is 5.32 Å². The number of aliphatic hydroxyl groups is 2. The molecule has 0 spiro atoms. The molecule has 3 unspecified atom stereocenters. The Morgan fingerprint density at radius 1 is 1.67 bits per heavy atom. The lowest BCUT2D eigenvalue weighted by molar-refractivity contribution is -0.127. The summed E-state index contributed by atoms with van der Waals surface area (Å²) in [4.78, 5) is 11.6. The predicted octanol–water partition coefficient (Wildman–Crippen LogP) is -0.729. The predicted molar refractivity (Wildman–Crippen MR) is 54.2 cm³/mol. The number of hydrogen-bond donors (Lipinski definition) is 3. The molecule has 1 amide bonds. The first-order valence-electron chi connectivity index (χ1n) is 5.19. The zero-order valence-electron chi connectivity index (χ0n) is 9.19. The molecule has 1 fully saturated rings. The van der Waals surface area contributed by atoms with Crippen LogP contribution in [-0.4, -0.2) is 47.6 Å². The molecule has 5 nitrogen and oxygen atoms in total. The Bertz CT molecular complexity index is 229. The van der Waals surface area contributed by atoms with Crippen molar-refractivity contribution in [3.8, 4) is 0 Å². The standard InChI is InChI=1S/C10H19NO4/c1-7-8(3-4-15-7)9(13)11-5-10(2,14)6-12/h7-8,12,14H,3-6H2,1-2H3,(H,11,13). The molecule has 1 heterocycles. The monoisotopic (exact) mass is 217 g/mol. The first-order chi connectivity index (χ1) is 6.96. The van der Waals surface area contributed by atoms with Crippen molar-refractivity contribution in [3.63, 3.8) is 0 Å². The van der Waals surface area contributed by atoms with E-state index < -0.39 is 5.60 Å². The summed E-state index contributed by atoms with van der Waals surface area (Å²) in [7, 11) is 0. The molecule has 0 saturated carbocycles. The molecule has 0 aromatic heterocycles. The number of amides is 1. The van der Waals surface area contributed by atoms with Gasteiger partial charge in [0.25, 0.3) is 0 Å². The third-order valence-electron chi connectivity index (χ3n) is 2.70. The van der Waals surface area contributed by atoms with Crippen LogP contribution in [-0.2, 0) is 9.53 Å². The summed E-state index contributed by atoms with van der Waals surface area (Å²) >= 11 is 0. The van der Waals surface area contributed by atoms with Crippen LogP contribution in [0.1, 0.15) is 20.3 Å². The number of ether oxygens (including phenoxy) is 1. The van der Waals surface area contributed by atoms with Crippen LogP contribution >= 0.6 is 0 Å². The minimum atomic E-state index is -1.25. The minimum Gasteiger partial charge on any atom is -0.393 e. The summed E-state index contributed by atoms with van der Waals surface area (Å²) in [6, 6.07) is 0. The lowest BCUT2D eigenvalue weighted by Crippen LogP contribution is -2.45. The number of carbonyl (C=O) groups is 1. The molecule has 3 atom stereocenters. The van der Waals surface area contributed by atoms with Gasteiger partial charge in [0.15, 0.2) is 0 Å². The SMILES string of the molecule is CC1OCCC1C(=O)NCC(C)(O)CO. The maximum Gasteiger partial charge on any atom is 0.225 e. The summed E-state index contributed by atoms with van der Waals surface area (Å²) in [6.07, 6.45) is 0.651. The molecule has 1 saturated heterocycles. The molecule has 5 heteroatoms. The van der Waals surface area contributed by atoms with Gasteiger partial charge in [0.1, 0.15) is 5.60 Å². The van der Waals surface area contributed by atoms with Crippen molar-refractivity contribution in [2.75, 3.05) is 19.8 Å². The number of rotatable bonds is 4. The lowest BCUT2D eigenvalue weighted by Gasteiger charge is -2.22. The topological polar surface area (TPSA) is 78.8 Å². The van der Waals surface area contributed by atoms with Gasteiger partial charge in [-0.2, -0.15) is 0 Å². The van der Waals surface area contributed by atoms with Crippen molar-refractivity contribution in [3.05, 3.63) is 0 Å². The van der Waals surface area contributed by atoms with E-state index in [0.717, 1.165) is 0 Å². The van der Waals surface area contributed by atoms with Crippen LogP contribution in [0.15, 0.2) is 0 Å². The van der Waals surface area contributed by atoms with Crippen LogP contribution in [0, 0.1) is 5.92 Å². The van der Waals surface area contributed by atoms with Crippen LogP contribution < -0.4 is 5.32 Å². The highest BCUT2D eigenvalue weighted by molar-refractivity contribution is 5.79. The van der Waals surface area contributed by atoms with Crippen LogP contribution in [0.25, 0.3) is 0 Å². The zero-order valence-corrected chi connectivity index (χ0v) is 9.19. The molecule has 0 radical (unpaired) electrons. The average molecular weight is 217 g/mol. The van der Waals surface area contributed by atoms with Gasteiger partial charge in [-0.25, -0.2) is 0 Å². The van der Waals surface area contributed by atoms with E-state index in [1.54, 1.807) is 0 Å². The van der Waals surface area contributed by atoms with Crippen molar-refractivity contribution in [2.45, 2.75) is 32.0 Å². The lowest BCUT2D eigenvalue weighted by atomic mass is 10.0. The van der Waals surface area contributed by atoms with E-state index in [-0.39, 0.29) is 31.1 Å². The minimum absolute atomic E-state index is 0.0611. The Balaban J connectivity index is 2.36. The molecule has 0 aromatic rings. The number of hydrogen-bond acceptors (Lipinski definition) is 4. The Hall–Kier alpha value is -0.650. The summed E-state index contributed by atoms with van der Waals surface area (Å²) < 4.78 is 5.27. The van der Waals surface area contributed by atoms with Gasteiger partial charge in [0.2, 0.25) is 5.91 Å². The quantitative estimate of drug-likeness (QED) is 0.580. The molecule has 1 rings (SSSR count). The van der Waals surface area contributed by atoms with Gasteiger partial charge < -0.3 is 20.3 Å². The summed E-state index contributed by atoms with van der Waals surface area (Å²) in [5.74, 6) is -0.256. The molecule has 88 valence electrons. The van der Waals surface area contributed by atoms with Gasteiger partial charge in [-0.3, -0.25) is 4.79 Å². The number of carbonyl (C=O) groups excluding carboxylic acids is 1. The summed E-state index contributed by atoms with van der Waals surface area (Å²) in [6.45, 7) is 3.63. The van der Waals surface area contributed by atoms with E-state index in [9.17, 15) is 9.90 Å². The Morgan fingerprint density at radius 3 is 2.80 bits per heavy atom. The molecule has 15 heavy (non-hydrogen) atoms. The maximum absolute atomic E-state index is 11.6. The molecule has 0 aromatic carbocycles. The Morgan fingerprint density at radius 2 is 2.33 bits per heavy atom. The van der Waals surface area contributed by atoms with Gasteiger partial charge in [-0.15, -0.1) is 0 Å². The third-order valence-corrected chi connectivity index (χ3v) is 2.70. The first-order valence-corrected chi connectivity index (χ1v) is 5.19. The first kappa shape index (κ1) is 12.4. The average Bonchev–Trinajstić information content (AvgIpc) is 2.61. The number of aliphatic hydroxyl groups excluding tert-OH is 1. The fourth-order valence-corrected chi connectivity index (χ4v) is 1.54. The second-order valence-corrected chi connectivity index (χ2v) is 4.34. The van der Waals surface area contributed by atoms with Gasteiger partial charge in [-0.1, -0.05) is 0 Å². The van der Waals surface area contributed by atoms with Crippen LogP contribution in [0.3, 0.4) is 0 Å². The highest BCUT2D eigenvalue weighted by Gasteiger charge is 2.31. The Labute approximate surface area is 89.4 Å². The van der Waals surface area contributed by atoms with Crippen molar-refractivity contribution >= 4 is 5.91 Å². The van der Waals surface area contributed by atoms with Crippen LogP contribution in [0.5, 0.6) is 0 Å². The van der Waals surface area contributed by atoms with E-state index in [0.29, 0.717) is 13.0 Å². The van der Waals surface area contributed by atoms with Gasteiger partial charge in [-0.05, 0) is 20.3 Å². The normalized spacial score (nSPS) is 29.9. The zero-order chi connectivity index (χ0) is 11.5. The largest absolute Gasteiger partial charge is 0.393 e. The van der Waals surface area contributed by atoms with E-state index >= 15 is 0 Å². The fourth-order valence-electron chi connectivity index (χ4n) is 1.54. The van der Waals surface area contributed by atoms with E-state index in [2.05, 4.69) is 5.32 Å². The second kappa shape index (κ2) is 4.92. The van der Waals surface area contributed by atoms with Crippen LogP contribution in [0.4, 0.5) is 0 Å². The van der Waals surface area contributed by atoms with Crippen molar-refractivity contribution in [1.29, 1.82) is 0 Å². The maximum atomic E-state index is 11.6. The smallest absolute Gasteiger partial charge is 0.225 e. The molecular weight excluding hydrogens is 198 g/mol. The molecular formula is C10H19NO4. The van der Waals surface area contributed by atoms with Crippen molar-refractivity contribution < 1.29 is 19.7 Å². The van der Waals surface area contributed by atoms with Gasteiger partial charge >= 0.3 is 0 Å². The summed E-state index contributed by atoms with van der Waals surface area (Å²) in [5.41, 5.74) is -1.25. The van der Waals surface area contributed by atoms with E-state index in [4.69, 9.17) is 9.84 Å². The second-order valence-electron chi connectivity index (χ2n) is 4.34. The molecule has 1 aliphatic rings. The van der Waals surface area contributed by atoms with E-state index in [1.165, 1.54) is 6.92 Å². The molecule has 3 N–H and O–H groups in total. The van der Waals surface area contributed by atoms with Gasteiger partial charge in [0, 0.05) is 13.2 Å². The fraction of sp³-hybridized carbons (Fsp3) is 0.900. The molecule has 0 bridgehead atoms. The van der Waals surface area contributed by atoms with Gasteiger partial charge in [0.05, 0.1) is 18.6 Å². The van der Waals surface area contributed by atoms with Crippen molar-refractivity contribution in [2.24, 2.45) is 5.92 Å². The van der Waals surface area contributed by atoms with Crippen LogP contribution in [0.2, 0.25) is 0 Å². The highest BCUT2D eigenvalue weighted by atomic mass is 16.5. The third kappa shape index (κ3) is 3.44. The van der Waals surface area contributed by atoms with E-state index in [1.807, 2.05) is 6.92 Å². The summed E-state index contributed by atoms with van der Waals surface area (Å²) in [5, 5.41) is 20.9. The molecule has 0 aliphatic carbocycles.